The van der Waals surface area contributed by atoms with Crippen molar-refractivity contribution in [3.05, 3.63) is 64.1 Å². The van der Waals surface area contributed by atoms with Crippen molar-refractivity contribution in [1.29, 1.82) is 0 Å². The molecule has 2 aromatic rings. The number of amides is 1. The minimum absolute atomic E-state index is 0.0328. The zero-order valence-electron chi connectivity index (χ0n) is 15.5. The fourth-order valence-electron chi connectivity index (χ4n) is 3.11. The summed E-state index contributed by atoms with van der Waals surface area (Å²) in [5.74, 6) is -0.457. The molecule has 0 aliphatic carbocycles. The maximum absolute atomic E-state index is 12.7. The molecule has 142 valence electrons. The first-order valence-electron chi connectivity index (χ1n) is 8.69. The molecule has 1 aromatic heterocycles. The second kappa shape index (κ2) is 7.58. The minimum Gasteiger partial charge on any atom is -0.507 e. The molecule has 3 rings (SSSR count). The van der Waals surface area contributed by atoms with Crippen LogP contribution in [0, 0.1) is 6.92 Å². The van der Waals surface area contributed by atoms with Crippen LogP contribution >= 0.6 is 11.6 Å². The van der Waals surface area contributed by atoms with Crippen molar-refractivity contribution in [3.8, 4) is 0 Å². The van der Waals surface area contributed by atoms with Gasteiger partial charge < -0.3 is 19.3 Å². The Morgan fingerprint density at radius 2 is 1.85 bits per heavy atom. The van der Waals surface area contributed by atoms with Gasteiger partial charge in [0, 0.05) is 10.6 Å². The Hall–Kier alpha value is -2.57. The molecule has 0 bridgehead atoms. The van der Waals surface area contributed by atoms with Gasteiger partial charge in [0.05, 0.1) is 32.8 Å². The van der Waals surface area contributed by atoms with Crippen LogP contribution in [-0.4, -0.2) is 48.9 Å². The van der Waals surface area contributed by atoms with E-state index in [0.29, 0.717) is 35.2 Å². The lowest BCUT2D eigenvalue weighted by atomic mass is 9.99. The number of Topliss-reactive ketones (excluding diaryl/α,β-unsaturated/α-hetero) is 1. The molecule has 7 heteroatoms. The van der Waals surface area contributed by atoms with Gasteiger partial charge >= 0.3 is 0 Å². The predicted molar refractivity (Wildman–Crippen MR) is 102 cm³/mol. The number of rotatable bonds is 5. The Kier molecular flexibility index (Phi) is 5.39. The van der Waals surface area contributed by atoms with E-state index in [1.165, 1.54) is 4.90 Å². The second-order valence-electron chi connectivity index (χ2n) is 6.90. The molecule has 0 unspecified atom stereocenters. The average molecular weight is 390 g/mol. The number of ketones is 1. The number of hydrogen-bond donors (Lipinski definition) is 2. The summed E-state index contributed by atoms with van der Waals surface area (Å²) in [7, 11) is 3.94. The maximum atomic E-state index is 12.7. The standard InChI is InChI=1S/C20H21ClN2O4/c1-12-4-9-15(27-12)17-16(18(24)13-5-7-14(21)8-6-13)19(25)20(26)23(17)11-10-22(2)3/h4-9,17,24H,10-11H2,1-3H3/p+1/t17-/m0/s1. The van der Waals surface area contributed by atoms with Gasteiger partial charge in [-0.15, -0.1) is 0 Å². The van der Waals surface area contributed by atoms with Gasteiger partial charge in [0.15, 0.2) is 0 Å². The molecular weight excluding hydrogens is 368 g/mol. The summed E-state index contributed by atoms with van der Waals surface area (Å²) in [6, 6.07) is 9.21. The molecule has 1 aliphatic rings. The van der Waals surface area contributed by atoms with Crippen LogP contribution in [0.25, 0.3) is 5.76 Å². The highest BCUT2D eigenvalue weighted by Gasteiger charge is 2.47. The molecule has 0 saturated carbocycles. The number of likely N-dealkylation sites (tertiary alicyclic amines) is 1. The number of nitrogens with one attached hydrogen (secondary N) is 1. The Bertz CT molecular complexity index is 899. The fourth-order valence-corrected chi connectivity index (χ4v) is 3.24. The molecule has 1 aliphatic heterocycles. The van der Waals surface area contributed by atoms with Crippen LogP contribution < -0.4 is 4.90 Å². The van der Waals surface area contributed by atoms with Gasteiger partial charge in [0.1, 0.15) is 23.3 Å². The molecule has 1 amide bonds. The number of carbonyl (C=O) groups is 2. The van der Waals surface area contributed by atoms with E-state index in [-0.39, 0.29) is 11.3 Å². The number of aliphatic hydroxyl groups is 1. The van der Waals surface area contributed by atoms with Crippen LogP contribution in [0.15, 0.2) is 46.4 Å². The summed E-state index contributed by atoms with van der Waals surface area (Å²) in [4.78, 5) is 28.0. The van der Waals surface area contributed by atoms with Crippen molar-refractivity contribution in [3.63, 3.8) is 0 Å². The topological polar surface area (TPSA) is 75.2 Å². The zero-order valence-corrected chi connectivity index (χ0v) is 16.2. The number of likely N-dealkylation sites (N-methyl/N-ethyl adjacent to an activating group) is 1. The van der Waals surface area contributed by atoms with Crippen LogP contribution in [0.3, 0.4) is 0 Å². The fraction of sp³-hybridized carbons (Fsp3) is 0.300. The van der Waals surface area contributed by atoms with E-state index >= 15 is 0 Å². The van der Waals surface area contributed by atoms with E-state index in [4.69, 9.17) is 16.0 Å². The molecule has 1 fully saturated rings. The Morgan fingerprint density at radius 1 is 1.19 bits per heavy atom. The summed E-state index contributed by atoms with van der Waals surface area (Å²) >= 11 is 5.90. The zero-order chi connectivity index (χ0) is 19.7. The predicted octanol–water partition coefficient (Wildman–Crippen LogP) is 1.81. The molecular formula is C20H22ClN2O4+. The number of aryl methyl sites for hydroxylation is 1. The van der Waals surface area contributed by atoms with Crippen LogP contribution in [-0.2, 0) is 9.59 Å². The summed E-state index contributed by atoms with van der Waals surface area (Å²) in [5.41, 5.74) is 0.453. The number of nitrogens with zero attached hydrogens (tertiary/aromatic N) is 1. The van der Waals surface area contributed by atoms with Crippen molar-refractivity contribution < 1.29 is 24.0 Å². The molecule has 0 radical (unpaired) electrons. The number of hydrogen-bond acceptors (Lipinski definition) is 4. The summed E-state index contributed by atoms with van der Waals surface area (Å²) in [5, 5.41) is 11.3. The van der Waals surface area contributed by atoms with Crippen LogP contribution in [0.5, 0.6) is 0 Å². The van der Waals surface area contributed by atoms with Crippen molar-refractivity contribution in [1.82, 2.24) is 4.90 Å². The molecule has 1 atom stereocenters. The highest BCUT2D eigenvalue weighted by molar-refractivity contribution is 6.46. The molecule has 27 heavy (non-hydrogen) atoms. The highest BCUT2D eigenvalue weighted by atomic mass is 35.5. The largest absolute Gasteiger partial charge is 0.507 e. The maximum Gasteiger partial charge on any atom is 0.295 e. The average Bonchev–Trinajstić information content (AvgIpc) is 3.15. The van der Waals surface area contributed by atoms with Crippen LogP contribution in [0.2, 0.25) is 5.02 Å². The number of furan rings is 1. The summed E-state index contributed by atoms with van der Waals surface area (Å²) in [6.07, 6.45) is 0. The summed E-state index contributed by atoms with van der Waals surface area (Å²) < 4.78 is 5.72. The van der Waals surface area contributed by atoms with E-state index in [2.05, 4.69) is 0 Å². The van der Waals surface area contributed by atoms with Crippen LogP contribution in [0.1, 0.15) is 23.1 Å². The number of quaternary nitrogens is 1. The molecule has 6 nitrogen and oxygen atoms in total. The highest BCUT2D eigenvalue weighted by Crippen LogP contribution is 2.39. The van der Waals surface area contributed by atoms with Gasteiger partial charge in [-0.2, -0.15) is 0 Å². The van der Waals surface area contributed by atoms with Gasteiger partial charge in [0.2, 0.25) is 0 Å². The first-order chi connectivity index (χ1) is 12.8. The Labute approximate surface area is 162 Å². The van der Waals surface area contributed by atoms with Gasteiger partial charge in [-0.3, -0.25) is 9.59 Å². The summed E-state index contributed by atoms with van der Waals surface area (Å²) in [6.45, 7) is 2.82. The smallest absolute Gasteiger partial charge is 0.295 e. The van der Waals surface area contributed by atoms with Gasteiger partial charge in [0.25, 0.3) is 11.7 Å². The first-order valence-corrected chi connectivity index (χ1v) is 9.07. The van der Waals surface area contributed by atoms with Crippen molar-refractivity contribution >= 4 is 29.1 Å². The third kappa shape index (κ3) is 3.77. The normalized spacial score (nSPS) is 19.3. The quantitative estimate of drug-likeness (QED) is 0.464. The van der Waals surface area contributed by atoms with Crippen LogP contribution in [0.4, 0.5) is 0 Å². The van der Waals surface area contributed by atoms with Crippen molar-refractivity contribution in [2.24, 2.45) is 0 Å². The molecule has 1 saturated heterocycles. The van der Waals surface area contributed by atoms with Crippen molar-refractivity contribution in [2.75, 3.05) is 27.2 Å². The molecule has 2 N–H and O–H groups in total. The number of halogens is 1. The SMILES string of the molecule is Cc1ccc([C@H]2C(=C(O)c3ccc(Cl)cc3)C(=O)C(=O)N2CC[NH+](C)C)o1. The molecule has 0 spiro atoms. The lowest BCUT2D eigenvalue weighted by Gasteiger charge is -2.23. The minimum atomic E-state index is -0.756. The van der Waals surface area contributed by atoms with E-state index in [1.54, 1.807) is 43.3 Å². The lowest BCUT2D eigenvalue weighted by molar-refractivity contribution is -0.857. The monoisotopic (exact) mass is 389 g/mol. The molecule has 1 aromatic carbocycles. The first kappa shape index (κ1) is 19.2. The third-order valence-corrected chi connectivity index (χ3v) is 4.79. The number of carbonyl (C=O) groups excluding carboxylic acids is 2. The Morgan fingerprint density at radius 3 is 2.41 bits per heavy atom. The number of aliphatic hydroxyl groups excluding tert-OH is 1. The lowest BCUT2D eigenvalue weighted by Crippen LogP contribution is -3.06. The van der Waals surface area contributed by atoms with Crippen molar-refractivity contribution in [2.45, 2.75) is 13.0 Å². The van der Waals surface area contributed by atoms with Gasteiger partial charge in [-0.25, -0.2) is 0 Å². The van der Waals surface area contributed by atoms with Gasteiger partial charge in [-0.05, 0) is 43.3 Å². The third-order valence-electron chi connectivity index (χ3n) is 4.54. The van der Waals surface area contributed by atoms with E-state index < -0.39 is 17.7 Å². The molecule has 2 heterocycles. The van der Waals surface area contributed by atoms with Gasteiger partial charge in [-0.1, -0.05) is 11.6 Å². The van der Waals surface area contributed by atoms with E-state index in [1.807, 2.05) is 14.1 Å². The Balaban J connectivity index is 2.11. The second-order valence-corrected chi connectivity index (χ2v) is 7.34. The van der Waals surface area contributed by atoms with E-state index in [9.17, 15) is 14.7 Å². The number of benzene rings is 1. The van der Waals surface area contributed by atoms with E-state index in [0.717, 1.165) is 4.90 Å².